The molecule has 0 bridgehead atoms. The van der Waals surface area contributed by atoms with Crippen molar-refractivity contribution in [3.8, 4) is 0 Å². The number of amides is 1. The molecule has 1 aliphatic rings. The summed E-state index contributed by atoms with van der Waals surface area (Å²) in [5, 5.41) is 6.40. The molecule has 0 radical (unpaired) electrons. The maximum Gasteiger partial charge on any atom is 0.251 e. The van der Waals surface area contributed by atoms with Gasteiger partial charge in [-0.15, -0.1) is 12.4 Å². The quantitative estimate of drug-likeness (QED) is 0.883. The molecule has 0 aliphatic carbocycles. The highest BCUT2D eigenvalue weighted by atomic mass is 79.9. The first-order valence-electron chi connectivity index (χ1n) is 6.42. The molecular formula is C14H20BrClN2O. The van der Waals surface area contributed by atoms with E-state index in [0.29, 0.717) is 5.92 Å². The molecule has 106 valence electrons. The largest absolute Gasteiger partial charge is 0.352 e. The second kappa shape index (κ2) is 7.88. The normalized spacial score (nSPS) is 18.5. The number of nitrogens with one attached hydrogen (secondary N) is 2. The van der Waals surface area contributed by atoms with Gasteiger partial charge in [0.2, 0.25) is 0 Å². The number of rotatable bonds is 3. The van der Waals surface area contributed by atoms with Crippen LogP contribution in [0.2, 0.25) is 0 Å². The van der Waals surface area contributed by atoms with Crippen LogP contribution in [-0.4, -0.2) is 25.5 Å². The molecule has 1 unspecified atom stereocenters. The van der Waals surface area contributed by atoms with Crippen molar-refractivity contribution < 1.29 is 4.79 Å². The van der Waals surface area contributed by atoms with E-state index in [2.05, 4.69) is 26.6 Å². The van der Waals surface area contributed by atoms with Gasteiger partial charge in [-0.25, -0.2) is 0 Å². The summed E-state index contributed by atoms with van der Waals surface area (Å²) in [4.78, 5) is 12.1. The van der Waals surface area contributed by atoms with Crippen LogP contribution in [-0.2, 0) is 0 Å². The fourth-order valence-corrected chi connectivity index (χ4v) is 2.63. The van der Waals surface area contributed by atoms with Crippen LogP contribution in [0.4, 0.5) is 0 Å². The van der Waals surface area contributed by atoms with Gasteiger partial charge in [0.1, 0.15) is 0 Å². The van der Waals surface area contributed by atoms with Crippen LogP contribution in [0.3, 0.4) is 0 Å². The Morgan fingerprint density at radius 3 is 3.00 bits per heavy atom. The number of benzene rings is 1. The third kappa shape index (κ3) is 4.79. The van der Waals surface area contributed by atoms with Gasteiger partial charge in [0.25, 0.3) is 5.91 Å². The molecule has 5 heteroatoms. The molecule has 1 fully saturated rings. The number of carbonyl (C=O) groups excluding carboxylic acids is 1. The highest BCUT2D eigenvalue weighted by Gasteiger charge is 2.15. The lowest BCUT2D eigenvalue weighted by Crippen LogP contribution is -2.38. The van der Waals surface area contributed by atoms with Crippen molar-refractivity contribution >= 4 is 34.2 Å². The van der Waals surface area contributed by atoms with Crippen LogP contribution in [0, 0.1) is 12.8 Å². The average molecular weight is 348 g/mol. The topological polar surface area (TPSA) is 41.1 Å². The monoisotopic (exact) mass is 346 g/mol. The minimum absolute atomic E-state index is 0. The lowest BCUT2D eigenvalue weighted by atomic mass is 9.99. The zero-order valence-corrected chi connectivity index (χ0v) is 13.4. The Hall–Kier alpha value is -0.580. The maximum atomic E-state index is 12.1. The van der Waals surface area contributed by atoms with Gasteiger partial charge in [0.15, 0.2) is 0 Å². The summed E-state index contributed by atoms with van der Waals surface area (Å²) in [5.74, 6) is 0.592. The van der Waals surface area contributed by atoms with E-state index < -0.39 is 0 Å². The fourth-order valence-electron chi connectivity index (χ4n) is 2.27. The predicted octanol–water partition coefficient (Wildman–Crippen LogP) is 2.91. The van der Waals surface area contributed by atoms with Crippen molar-refractivity contribution in [3.63, 3.8) is 0 Å². The predicted molar refractivity (Wildman–Crippen MR) is 84.1 cm³/mol. The first-order chi connectivity index (χ1) is 8.66. The Kier molecular flexibility index (Phi) is 6.83. The van der Waals surface area contributed by atoms with Crippen molar-refractivity contribution in [3.05, 3.63) is 33.8 Å². The summed E-state index contributed by atoms with van der Waals surface area (Å²) in [7, 11) is 0. The van der Waals surface area contributed by atoms with Crippen LogP contribution < -0.4 is 10.6 Å². The lowest BCUT2D eigenvalue weighted by Gasteiger charge is -2.23. The summed E-state index contributed by atoms with van der Waals surface area (Å²) in [5.41, 5.74) is 1.77. The van der Waals surface area contributed by atoms with Gasteiger partial charge in [0, 0.05) is 16.6 Å². The molecule has 0 saturated carbocycles. The molecule has 1 amide bonds. The third-order valence-corrected chi connectivity index (χ3v) is 3.89. The first kappa shape index (κ1) is 16.5. The van der Waals surface area contributed by atoms with E-state index in [1.807, 2.05) is 25.1 Å². The van der Waals surface area contributed by atoms with Gasteiger partial charge in [-0.2, -0.15) is 0 Å². The lowest BCUT2D eigenvalue weighted by molar-refractivity contribution is 0.0944. The zero-order valence-electron chi connectivity index (χ0n) is 11.0. The molecule has 2 rings (SSSR count). The molecule has 19 heavy (non-hydrogen) atoms. The summed E-state index contributed by atoms with van der Waals surface area (Å²) in [6.07, 6.45) is 2.40. The van der Waals surface area contributed by atoms with Crippen LogP contribution in [0.25, 0.3) is 0 Å². The van der Waals surface area contributed by atoms with E-state index in [0.717, 1.165) is 35.2 Å². The fraction of sp³-hybridized carbons (Fsp3) is 0.500. The highest BCUT2D eigenvalue weighted by Crippen LogP contribution is 2.16. The van der Waals surface area contributed by atoms with Crippen molar-refractivity contribution in [2.24, 2.45) is 5.92 Å². The van der Waals surface area contributed by atoms with Crippen LogP contribution >= 0.6 is 28.3 Å². The van der Waals surface area contributed by atoms with Crippen LogP contribution in [0.5, 0.6) is 0 Å². The van der Waals surface area contributed by atoms with E-state index in [-0.39, 0.29) is 18.3 Å². The summed E-state index contributed by atoms with van der Waals surface area (Å²) < 4.78 is 0.942. The Labute approximate surface area is 129 Å². The van der Waals surface area contributed by atoms with E-state index in [1.54, 1.807) is 0 Å². The van der Waals surface area contributed by atoms with Crippen molar-refractivity contribution in [2.45, 2.75) is 19.8 Å². The second-order valence-corrected chi connectivity index (χ2v) is 5.80. The number of piperidine rings is 1. The highest BCUT2D eigenvalue weighted by molar-refractivity contribution is 9.10. The molecule has 1 aromatic rings. The van der Waals surface area contributed by atoms with Crippen LogP contribution in [0.1, 0.15) is 28.8 Å². The first-order valence-corrected chi connectivity index (χ1v) is 7.21. The molecule has 1 saturated heterocycles. The van der Waals surface area contributed by atoms with Crippen LogP contribution in [0.15, 0.2) is 22.7 Å². The van der Waals surface area contributed by atoms with Gasteiger partial charge >= 0.3 is 0 Å². The molecule has 2 N–H and O–H groups in total. The van der Waals surface area contributed by atoms with Gasteiger partial charge in [-0.05, 0) is 56.5 Å². The molecule has 1 heterocycles. The number of hydrogen-bond donors (Lipinski definition) is 2. The number of hydrogen-bond acceptors (Lipinski definition) is 2. The molecule has 0 spiro atoms. The summed E-state index contributed by atoms with van der Waals surface area (Å²) >= 11 is 3.40. The van der Waals surface area contributed by atoms with Gasteiger partial charge in [-0.3, -0.25) is 4.79 Å². The number of aryl methyl sites for hydroxylation is 1. The standard InChI is InChI=1S/C14H19BrN2O.ClH/c1-10-4-5-12(15)7-13(10)14(18)17-9-11-3-2-6-16-8-11;/h4-5,7,11,16H,2-3,6,8-9H2,1H3,(H,17,18);1H. The smallest absolute Gasteiger partial charge is 0.251 e. The third-order valence-electron chi connectivity index (χ3n) is 3.39. The zero-order chi connectivity index (χ0) is 13.0. The van der Waals surface area contributed by atoms with Crippen molar-refractivity contribution in [2.75, 3.05) is 19.6 Å². The summed E-state index contributed by atoms with van der Waals surface area (Å²) in [6.45, 7) is 4.84. The Balaban J connectivity index is 0.00000180. The van der Waals surface area contributed by atoms with Crippen molar-refractivity contribution in [1.29, 1.82) is 0 Å². The Morgan fingerprint density at radius 1 is 1.53 bits per heavy atom. The van der Waals surface area contributed by atoms with Gasteiger partial charge < -0.3 is 10.6 Å². The van der Waals surface area contributed by atoms with Gasteiger partial charge in [0.05, 0.1) is 0 Å². The number of carbonyl (C=O) groups is 1. The minimum atomic E-state index is 0. The Morgan fingerprint density at radius 2 is 2.32 bits per heavy atom. The van der Waals surface area contributed by atoms with E-state index in [1.165, 1.54) is 12.8 Å². The maximum absolute atomic E-state index is 12.1. The van der Waals surface area contributed by atoms with E-state index in [4.69, 9.17) is 0 Å². The molecular weight excluding hydrogens is 328 g/mol. The van der Waals surface area contributed by atoms with E-state index in [9.17, 15) is 4.79 Å². The molecule has 1 atom stereocenters. The second-order valence-electron chi connectivity index (χ2n) is 4.88. The van der Waals surface area contributed by atoms with E-state index >= 15 is 0 Å². The summed E-state index contributed by atoms with van der Waals surface area (Å²) in [6, 6.07) is 5.79. The molecule has 1 aliphatic heterocycles. The molecule has 1 aromatic carbocycles. The Bertz CT molecular complexity index is 433. The average Bonchev–Trinajstić information content (AvgIpc) is 2.40. The molecule has 3 nitrogen and oxygen atoms in total. The number of halogens is 2. The minimum Gasteiger partial charge on any atom is -0.352 e. The van der Waals surface area contributed by atoms with Gasteiger partial charge in [-0.1, -0.05) is 22.0 Å². The molecule has 0 aromatic heterocycles. The van der Waals surface area contributed by atoms with Crippen molar-refractivity contribution in [1.82, 2.24) is 10.6 Å². The SMILES string of the molecule is Cc1ccc(Br)cc1C(=O)NCC1CCCNC1.Cl.